The maximum absolute atomic E-state index is 11.5. The largest absolute Gasteiger partial charge is 0.363 e. The first-order chi connectivity index (χ1) is 15.4. The normalized spacial score (nSPS) is 15.3. The molecule has 0 bridgehead atoms. The highest BCUT2D eigenvalue weighted by molar-refractivity contribution is 6.30. The summed E-state index contributed by atoms with van der Waals surface area (Å²) in [5.41, 5.74) is 2.15. The molecule has 3 aromatic carbocycles. The number of hydrogen-bond acceptors (Lipinski definition) is 6. The van der Waals surface area contributed by atoms with Crippen molar-refractivity contribution < 1.29 is 9.85 Å². The number of nitro groups is 2. The average molecular weight is 453 g/mol. The zero-order chi connectivity index (χ0) is 22.7. The van der Waals surface area contributed by atoms with Gasteiger partial charge in [0.1, 0.15) is 5.69 Å². The lowest BCUT2D eigenvalue weighted by Crippen LogP contribution is -2.48. The fourth-order valence-electron chi connectivity index (χ4n) is 4.15. The molecule has 0 saturated carbocycles. The van der Waals surface area contributed by atoms with Crippen molar-refractivity contribution in [1.82, 2.24) is 4.90 Å². The van der Waals surface area contributed by atoms with E-state index in [0.29, 0.717) is 36.9 Å². The molecule has 1 aliphatic rings. The van der Waals surface area contributed by atoms with Crippen LogP contribution in [0.3, 0.4) is 0 Å². The summed E-state index contributed by atoms with van der Waals surface area (Å²) in [7, 11) is 0. The lowest BCUT2D eigenvalue weighted by Gasteiger charge is -2.40. The number of nitrogens with zero attached hydrogens (tertiary/aromatic N) is 4. The molecular formula is C23H21ClN4O4. The maximum atomic E-state index is 11.5. The second-order valence-corrected chi connectivity index (χ2v) is 8.01. The van der Waals surface area contributed by atoms with Gasteiger partial charge in [-0.1, -0.05) is 54.1 Å². The van der Waals surface area contributed by atoms with Gasteiger partial charge in [-0.15, -0.1) is 0 Å². The first-order valence-corrected chi connectivity index (χ1v) is 10.5. The molecule has 32 heavy (non-hydrogen) atoms. The first-order valence-electron chi connectivity index (χ1n) is 10.2. The molecule has 164 valence electrons. The number of halogens is 1. The second kappa shape index (κ2) is 9.33. The molecule has 0 aromatic heterocycles. The lowest BCUT2D eigenvalue weighted by molar-refractivity contribution is -0.393. The zero-order valence-electron chi connectivity index (χ0n) is 17.1. The van der Waals surface area contributed by atoms with Crippen LogP contribution in [0.4, 0.5) is 17.1 Å². The van der Waals surface area contributed by atoms with Crippen molar-refractivity contribution in [3.8, 4) is 0 Å². The van der Waals surface area contributed by atoms with Gasteiger partial charge < -0.3 is 4.90 Å². The maximum Gasteiger partial charge on any atom is 0.299 e. The molecule has 1 atom stereocenters. The van der Waals surface area contributed by atoms with Crippen LogP contribution in [0.15, 0.2) is 72.8 Å². The fourth-order valence-corrected chi connectivity index (χ4v) is 4.28. The molecule has 1 fully saturated rings. The number of rotatable bonds is 6. The first kappa shape index (κ1) is 21.7. The quantitative estimate of drug-likeness (QED) is 0.383. The Bertz CT molecular complexity index is 1120. The average Bonchev–Trinajstić information content (AvgIpc) is 2.81. The standard InChI is InChI=1S/C23H21ClN4O4/c24-19-8-6-18(7-9-19)23(17-4-2-1-3-5-17)26-14-12-25(13-15-26)21-11-10-20(27(29)30)16-22(21)28(31)32/h1-11,16,23H,12-15H2/t23-/m0/s1. The SMILES string of the molecule is O=[N+]([O-])c1ccc(N2CCN([C@@H](c3ccccc3)c3ccc(Cl)cc3)CC2)c([N+](=O)[O-])c1. The van der Waals surface area contributed by atoms with Gasteiger partial charge in [-0.25, -0.2) is 0 Å². The summed E-state index contributed by atoms with van der Waals surface area (Å²) in [6, 6.07) is 21.8. The summed E-state index contributed by atoms with van der Waals surface area (Å²) in [5.74, 6) is 0. The highest BCUT2D eigenvalue weighted by atomic mass is 35.5. The van der Waals surface area contributed by atoms with Gasteiger partial charge in [0.2, 0.25) is 0 Å². The smallest absolute Gasteiger partial charge is 0.299 e. The molecule has 0 spiro atoms. The van der Waals surface area contributed by atoms with E-state index in [-0.39, 0.29) is 17.4 Å². The Morgan fingerprint density at radius 1 is 0.781 bits per heavy atom. The zero-order valence-corrected chi connectivity index (χ0v) is 17.9. The van der Waals surface area contributed by atoms with E-state index in [2.05, 4.69) is 17.0 Å². The topological polar surface area (TPSA) is 92.8 Å². The van der Waals surface area contributed by atoms with Gasteiger partial charge in [0.05, 0.1) is 22.0 Å². The van der Waals surface area contributed by atoms with Crippen LogP contribution < -0.4 is 4.90 Å². The molecule has 9 heteroatoms. The third kappa shape index (κ3) is 4.56. The summed E-state index contributed by atoms with van der Waals surface area (Å²) >= 11 is 6.09. The van der Waals surface area contributed by atoms with Gasteiger partial charge >= 0.3 is 0 Å². The Balaban J connectivity index is 1.58. The molecule has 0 aliphatic carbocycles. The monoisotopic (exact) mass is 452 g/mol. The minimum atomic E-state index is -0.620. The number of piperazine rings is 1. The van der Waals surface area contributed by atoms with Crippen molar-refractivity contribution in [1.29, 1.82) is 0 Å². The molecule has 3 aromatic rings. The van der Waals surface area contributed by atoms with Crippen LogP contribution in [0.1, 0.15) is 17.2 Å². The molecule has 1 saturated heterocycles. The van der Waals surface area contributed by atoms with Crippen LogP contribution in [-0.2, 0) is 0 Å². The van der Waals surface area contributed by atoms with Crippen LogP contribution >= 0.6 is 11.6 Å². The van der Waals surface area contributed by atoms with E-state index >= 15 is 0 Å². The van der Waals surface area contributed by atoms with Gasteiger partial charge in [-0.2, -0.15) is 0 Å². The molecule has 0 N–H and O–H groups in total. The van der Waals surface area contributed by atoms with E-state index in [1.54, 1.807) is 0 Å². The van der Waals surface area contributed by atoms with Crippen LogP contribution in [0.2, 0.25) is 5.02 Å². The predicted octanol–water partition coefficient (Wildman–Crippen LogP) is 5.07. The van der Waals surface area contributed by atoms with Crippen LogP contribution in [0.25, 0.3) is 0 Å². The third-order valence-electron chi connectivity index (χ3n) is 5.69. The minimum Gasteiger partial charge on any atom is -0.363 e. The molecule has 0 radical (unpaired) electrons. The van der Waals surface area contributed by atoms with E-state index in [0.717, 1.165) is 17.2 Å². The molecule has 0 amide bonds. The number of anilines is 1. The predicted molar refractivity (Wildman–Crippen MR) is 123 cm³/mol. The second-order valence-electron chi connectivity index (χ2n) is 7.58. The highest BCUT2D eigenvalue weighted by Crippen LogP contribution is 2.35. The Kier molecular flexibility index (Phi) is 6.34. The van der Waals surface area contributed by atoms with E-state index in [4.69, 9.17) is 11.6 Å². The Morgan fingerprint density at radius 3 is 2.00 bits per heavy atom. The molecule has 4 rings (SSSR count). The molecule has 0 unspecified atom stereocenters. The highest BCUT2D eigenvalue weighted by Gasteiger charge is 2.30. The van der Waals surface area contributed by atoms with Crippen molar-refractivity contribution >= 4 is 28.7 Å². The molecule has 8 nitrogen and oxygen atoms in total. The fraction of sp³-hybridized carbons (Fsp3) is 0.217. The third-order valence-corrected chi connectivity index (χ3v) is 5.94. The summed E-state index contributed by atoms with van der Waals surface area (Å²) in [6.45, 7) is 2.48. The summed E-state index contributed by atoms with van der Waals surface area (Å²) in [4.78, 5) is 25.6. The van der Waals surface area contributed by atoms with Gasteiger partial charge in [-0.3, -0.25) is 25.1 Å². The summed E-state index contributed by atoms with van der Waals surface area (Å²) in [6.07, 6.45) is 0. The van der Waals surface area contributed by atoms with Crippen molar-refractivity contribution in [2.24, 2.45) is 0 Å². The van der Waals surface area contributed by atoms with E-state index in [9.17, 15) is 20.2 Å². The number of benzene rings is 3. The van der Waals surface area contributed by atoms with Gasteiger partial charge in [0.15, 0.2) is 0 Å². The van der Waals surface area contributed by atoms with Crippen molar-refractivity contribution in [3.63, 3.8) is 0 Å². The van der Waals surface area contributed by atoms with Crippen molar-refractivity contribution in [2.75, 3.05) is 31.1 Å². The van der Waals surface area contributed by atoms with Crippen LogP contribution in [-0.4, -0.2) is 40.9 Å². The Labute approximate surface area is 189 Å². The van der Waals surface area contributed by atoms with Crippen molar-refractivity contribution in [3.05, 3.63) is 109 Å². The Morgan fingerprint density at radius 2 is 1.41 bits per heavy atom. The van der Waals surface area contributed by atoms with E-state index < -0.39 is 9.85 Å². The van der Waals surface area contributed by atoms with E-state index in [1.165, 1.54) is 12.1 Å². The molecule has 1 aliphatic heterocycles. The number of non-ortho nitro benzene ring substituents is 1. The number of nitro benzene ring substituents is 2. The van der Waals surface area contributed by atoms with Crippen LogP contribution in [0, 0.1) is 20.2 Å². The van der Waals surface area contributed by atoms with Gasteiger partial charge in [-0.05, 0) is 29.3 Å². The van der Waals surface area contributed by atoms with Crippen molar-refractivity contribution in [2.45, 2.75) is 6.04 Å². The number of hydrogen-bond donors (Lipinski definition) is 0. The summed E-state index contributed by atoms with van der Waals surface area (Å²) < 4.78 is 0. The van der Waals surface area contributed by atoms with Crippen LogP contribution in [0.5, 0.6) is 0 Å². The minimum absolute atomic E-state index is 0.0301. The van der Waals surface area contributed by atoms with Gasteiger partial charge in [0.25, 0.3) is 11.4 Å². The summed E-state index contributed by atoms with van der Waals surface area (Å²) in [5, 5.41) is 23.2. The van der Waals surface area contributed by atoms with Gasteiger partial charge in [0, 0.05) is 37.3 Å². The lowest BCUT2D eigenvalue weighted by atomic mass is 9.96. The molecule has 1 heterocycles. The Hall–Kier alpha value is -3.49. The van der Waals surface area contributed by atoms with E-state index in [1.807, 2.05) is 47.4 Å². The molecular weight excluding hydrogens is 432 g/mol.